The van der Waals surface area contributed by atoms with E-state index < -0.39 is 15.5 Å². The lowest BCUT2D eigenvalue weighted by Gasteiger charge is -2.28. The minimum Gasteiger partial charge on any atom is -0.494 e. The number of non-ortho nitro benzene ring substituents is 2. The molecule has 4 aromatic rings. The van der Waals surface area contributed by atoms with Gasteiger partial charge in [0, 0.05) is 102 Å². The predicted molar refractivity (Wildman–Crippen MR) is 345 cm³/mol. The van der Waals surface area contributed by atoms with Crippen molar-refractivity contribution in [2.24, 2.45) is 43.1 Å². The summed E-state index contributed by atoms with van der Waals surface area (Å²) in [5.41, 5.74) is 1.44. The first-order valence-electron chi connectivity index (χ1n) is 29.5. The molecule has 0 heterocycles. The van der Waals surface area contributed by atoms with E-state index in [1.807, 2.05) is 32.1 Å². The van der Waals surface area contributed by atoms with Crippen LogP contribution in [0.5, 0.6) is 11.5 Å². The fourth-order valence-corrected chi connectivity index (χ4v) is 10.6. The van der Waals surface area contributed by atoms with Gasteiger partial charge in [0.1, 0.15) is 52.5 Å². The number of amides is 2. The normalized spacial score (nSPS) is 12.0. The maximum atomic E-state index is 13.3. The van der Waals surface area contributed by atoms with Gasteiger partial charge in [-0.15, -0.1) is 20.5 Å². The van der Waals surface area contributed by atoms with Crippen LogP contribution in [0.15, 0.2) is 73.5 Å². The Kier molecular flexibility index (Phi) is 31.7. The number of nitro benzene ring substituents is 2. The van der Waals surface area contributed by atoms with Gasteiger partial charge in [-0.05, 0) is 115 Å². The van der Waals surface area contributed by atoms with Crippen LogP contribution >= 0.6 is 15.9 Å². The maximum absolute atomic E-state index is 13.3. The summed E-state index contributed by atoms with van der Waals surface area (Å²) in [7, 11) is 3.01. The van der Waals surface area contributed by atoms with Crippen molar-refractivity contribution >= 4 is 84.6 Å². The second-order valence-electron chi connectivity index (χ2n) is 24.0. The fourth-order valence-electron chi connectivity index (χ4n) is 10.0. The minimum absolute atomic E-state index is 0.0393. The number of nitro groups is 2. The molecule has 2 unspecified atom stereocenters. The maximum Gasteiger partial charge on any atom is 0.272 e. The van der Waals surface area contributed by atoms with Gasteiger partial charge in [-0.1, -0.05) is 55.4 Å². The van der Waals surface area contributed by atoms with E-state index in [2.05, 4.69) is 98.4 Å². The number of benzene rings is 4. The summed E-state index contributed by atoms with van der Waals surface area (Å²) in [5, 5.41) is 112. The molecule has 4 rings (SSSR count). The monoisotopic (exact) mass is 1300 g/mol. The molecule has 0 saturated heterocycles. The van der Waals surface area contributed by atoms with E-state index in [1.54, 1.807) is 24.3 Å². The number of aliphatic hydroxyl groups excluding tert-OH is 4. The highest BCUT2D eigenvalue weighted by Gasteiger charge is 2.25. The van der Waals surface area contributed by atoms with E-state index in [1.165, 1.54) is 20.3 Å². The molecule has 26 heteroatoms. The van der Waals surface area contributed by atoms with Crippen LogP contribution in [0.3, 0.4) is 0 Å². The van der Waals surface area contributed by atoms with E-state index in [0.717, 1.165) is 43.9 Å². The highest BCUT2D eigenvalue weighted by molar-refractivity contribution is 9.10. The molecule has 0 aliphatic heterocycles. The molecule has 2 amide bonds. The molecule has 25 nitrogen and oxygen atoms in total. The summed E-state index contributed by atoms with van der Waals surface area (Å²) in [4.78, 5) is 51.9. The molecule has 89 heavy (non-hydrogen) atoms. The average molecular weight is 1300 g/mol. The van der Waals surface area contributed by atoms with Gasteiger partial charge in [-0.2, -0.15) is 15.8 Å². The number of ether oxygens (including phenoxy) is 2. The molecular formula is C63H86BrN13O12. The number of unbranched alkanes of at least 4 members (excludes halogenated alkanes) is 4. The standard InChI is InChI=1S/C32H43N7O6.C31H43BrN6O6/c1-22(19-32(2,3)4)14-30(42)35-26-17-28(38(10-6-8-12-40)11-7-9-13-41)29(45-5)18-27(26)36-37-31-23(20-33)15-25(39(43)44)16-24(31)21-34;1-21(19-31(2,3)4)14-29(41)34-25-17-27(37(10-6-8-12-39)11-7-9-13-40)28(44-5)18-26(25)35-36-30-22(20-33)15-23(38(42)43)16-24(30)32/h15-18,22,40-41H,6-14,19H2,1-5H3,(H,35,42);15-18,21,39-40H,6-14,19H2,1-5H3,(H,34,41)/b37-36+;. The zero-order valence-corrected chi connectivity index (χ0v) is 54.4. The number of methoxy groups -OCH3 is 2. The molecular weight excluding hydrogens is 1210 g/mol. The highest BCUT2D eigenvalue weighted by Crippen LogP contribution is 2.44. The first-order valence-corrected chi connectivity index (χ1v) is 30.3. The number of nitriles is 3. The Morgan fingerprint density at radius 2 is 0.888 bits per heavy atom. The number of rotatable bonds is 34. The fraction of sp³-hybridized carbons (Fsp3) is 0.540. The number of nitrogens with one attached hydrogen (secondary N) is 2. The van der Waals surface area contributed by atoms with E-state index in [9.17, 15) is 66.0 Å². The Hall–Kier alpha value is -8.19. The lowest BCUT2D eigenvalue weighted by Crippen LogP contribution is -2.27. The van der Waals surface area contributed by atoms with Crippen molar-refractivity contribution in [2.75, 3.05) is 87.3 Å². The van der Waals surface area contributed by atoms with E-state index in [0.29, 0.717) is 105 Å². The molecule has 2 atom stereocenters. The van der Waals surface area contributed by atoms with Crippen LogP contribution in [0.4, 0.5) is 56.9 Å². The number of aliphatic hydroxyl groups is 4. The van der Waals surface area contributed by atoms with Gasteiger partial charge in [0.15, 0.2) is 0 Å². The van der Waals surface area contributed by atoms with Gasteiger partial charge in [-0.3, -0.25) is 29.8 Å². The minimum atomic E-state index is -0.701. The number of halogens is 1. The zero-order valence-electron chi connectivity index (χ0n) is 52.8. The Labute approximate surface area is 529 Å². The van der Waals surface area contributed by atoms with Gasteiger partial charge < -0.3 is 50.3 Å². The predicted octanol–water partition coefficient (Wildman–Crippen LogP) is 13.9. The summed E-state index contributed by atoms with van der Waals surface area (Å²) in [6.45, 7) is 19.4. The second kappa shape index (κ2) is 37.6. The highest BCUT2D eigenvalue weighted by atomic mass is 79.9. The third-order valence-corrected chi connectivity index (χ3v) is 14.2. The van der Waals surface area contributed by atoms with Crippen LogP contribution in [0, 0.1) is 76.9 Å². The lowest BCUT2D eigenvalue weighted by atomic mass is 9.84. The van der Waals surface area contributed by atoms with Crippen molar-refractivity contribution < 1.29 is 49.3 Å². The van der Waals surface area contributed by atoms with Gasteiger partial charge in [-0.25, -0.2) is 0 Å². The van der Waals surface area contributed by atoms with Crippen molar-refractivity contribution in [1.29, 1.82) is 15.8 Å². The van der Waals surface area contributed by atoms with Crippen molar-refractivity contribution in [1.82, 2.24) is 0 Å². The number of hydrogen-bond acceptors (Lipinski definition) is 21. The Bertz CT molecular complexity index is 3160. The molecule has 0 aliphatic carbocycles. The SMILES string of the molecule is COc1cc(/N=N/c2c(C#N)cc([N+](=O)[O-])cc2C#N)c(NC(=O)CC(C)CC(C)(C)C)cc1N(CCCCO)CCCCO.COc1cc(N=Nc2c(Br)cc([N+](=O)[O-])cc2C#N)c(NC(=O)CC(C)CC(C)(C)C)cc1N(CCCCO)CCCCO. The van der Waals surface area contributed by atoms with Crippen LogP contribution in [0.1, 0.15) is 149 Å². The van der Waals surface area contributed by atoms with Crippen LogP contribution in [-0.4, -0.2) is 109 Å². The molecule has 0 bridgehead atoms. The molecule has 0 spiro atoms. The van der Waals surface area contributed by atoms with Crippen LogP contribution in [-0.2, 0) is 9.59 Å². The van der Waals surface area contributed by atoms with E-state index in [-0.39, 0.29) is 117 Å². The molecule has 0 aliphatic rings. The van der Waals surface area contributed by atoms with Gasteiger partial charge in [0.2, 0.25) is 11.8 Å². The van der Waals surface area contributed by atoms with Gasteiger partial charge >= 0.3 is 0 Å². The number of hydrogen-bond donors (Lipinski definition) is 6. The smallest absolute Gasteiger partial charge is 0.272 e. The molecule has 0 fully saturated rings. The van der Waals surface area contributed by atoms with E-state index >= 15 is 0 Å². The zero-order chi connectivity index (χ0) is 66.4. The van der Waals surface area contributed by atoms with Crippen molar-refractivity contribution in [3.05, 3.63) is 89.9 Å². The third kappa shape index (κ3) is 25.4. The molecule has 4 aromatic carbocycles. The largest absolute Gasteiger partial charge is 0.494 e. The van der Waals surface area contributed by atoms with Crippen molar-refractivity contribution in [2.45, 2.75) is 132 Å². The average Bonchev–Trinajstić information content (AvgIpc) is 1.49. The summed E-state index contributed by atoms with van der Waals surface area (Å²) in [6.07, 6.45) is 7.49. The number of carbonyl (C=O) groups is 2. The molecule has 0 saturated carbocycles. The van der Waals surface area contributed by atoms with Gasteiger partial charge in [0.25, 0.3) is 11.4 Å². The Morgan fingerprint density at radius 1 is 0.562 bits per heavy atom. The molecule has 0 aromatic heterocycles. The number of anilines is 4. The molecule has 6 N–H and O–H groups in total. The quantitative estimate of drug-likeness (QED) is 0.0109. The van der Waals surface area contributed by atoms with Crippen LogP contribution in [0.2, 0.25) is 0 Å². The lowest BCUT2D eigenvalue weighted by molar-refractivity contribution is -0.385. The van der Waals surface area contributed by atoms with Crippen molar-refractivity contribution in [3.8, 4) is 29.7 Å². The van der Waals surface area contributed by atoms with E-state index in [4.69, 9.17) is 9.47 Å². The Balaban J connectivity index is 0.000000465. The number of nitrogens with zero attached hydrogens (tertiary/aromatic N) is 11. The topological polar surface area (TPSA) is 371 Å². The Morgan fingerprint density at radius 3 is 1.19 bits per heavy atom. The number of carbonyl (C=O) groups excluding carboxylic acids is 2. The van der Waals surface area contributed by atoms with Crippen molar-refractivity contribution in [3.63, 3.8) is 0 Å². The first-order chi connectivity index (χ1) is 42.2. The van der Waals surface area contributed by atoms with Gasteiger partial charge in [0.05, 0.1) is 68.0 Å². The molecule has 0 radical (unpaired) electrons. The number of azo groups is 2. The first kappa shape index (κ1) is 75.1. The summed E-state index contributed by atoms with van der Waals surface area (Å²) < 4.78 is 11.7. The van der Waals surface area contributed by atoms with Crippen LogP contribution < -0.4 is 29.9 Å². The summed E-state index contributed by atoms with van der Waals surface area (Å²) >= 11 is 3.26. The molecule has 482 valence electrons. The summed E-state index contributed by atoms with van der Waals surface area (Å²) in [5.74, 6) is 0.668. The second-order valence-corrected chi connectivity index (χ2v) is 24.8. The van der Waals surface area contributed by atoms with Crippen LogP contribution in [0.25, 0.3) is 0 Å². The summed E-state index contributed by atoms with van der Waals surface area (Å²) in [6, 6.07) is 16.7. The third-order valence-electron chi connectivity index (χ3n) is 13.6.